The summed E-state index contributed by atoms with van der Waals surface area (Å²) >= 11 is 0. The molecule has 100 heavy (non-hydrogen) atoms. The maximum atomic E-state index is 13.1. The standard InChI is InChI=1S/C81H142O17P2/c1-5-9-13-17-21-25-29-33-36-37-40-43-46-50-54-58-62-66-79(84)92-71-76(97-80(85)67-63-59-55-51-47-41-32-28-24-20-16-12-8-4)73-95-99(87,88)93-69-75(82)70-94-100(89,90)96-74-77(98-81(86)68-64-60-56-52-48-44-39-35-31-27-23-19-15-11-7-3)72-91-78(83)65-61-57-53-49-45-42-38-34-30-26-22-18-14-10-6-2/h21-22,25-27,31,33-36,38-40,43,50,54,75-77,82H,5-20,23-24,28-30,32,37,41-42,44-49,51-53,55-74H2,1-4H3,(H,87,88)(H,89,90)/b25-21-,26-22-,31-27-,36-33-,38-34-,39-35-,43-40-,54-50-/t75-,76+,77+/m0/s1. The Bertz CT molecular complexity index is 2270. The molecule has 2 unspecified atom stereocenters. The fraction of sp³-hybridized carbons (Fsp3) is 0.753. The van der Waals surface area contributed by atoms with E-state index in [9.17, 15) is 43.2 Å². The first-order chi connectivity index (χ1) is 48.7. The van der Waals surface area contributed by atoms with E-state index in [4.69, 9.17) is 37.0 Å². The third-order valence-corrected chi connectivity index (χ3v) is 18.4. The fourth-order valence-corrected chi connectivity index (χ4v) is 12.0. The summed E-state index contributed by atoms with van der Waals surface area (Å²) in [4.78, 5) is 72.9. The van der Waals surface area contributed by atoms with Gasteiger partial charge in [-0.2, -0.15) is 0 Å². The number of rotatable bonds is 74. The lowest BCUT2D eigenvalue weighted by molar-refractivity contribution is -0.161. The first-order valence-corrected chi connectivity index (χ1v) is 42.5. The molecule has 3 N–H and O–H groups in total. The highest BCUT2D eigenvalue weighted by Crippen LogP contribution is 2.45. The zero-order valence-corrected chi connectivity index (χ0v) is 64.9. The van der Waals surface area contributed by atoms with E-state index in [1.165, 1.54) is 116 Å². The van der Waals surface area contributed by atoms with Crippen LogP contribution in [0.1, 0.15) is 336 Å². The molecule has 0 bridgehead atoms. The maximum absolute atomic E-state index is 13.1. The number of aliphatic hydroxyl groups excluding tert-OH is 1. The molecule has 0 fully saturated rings. The van der Waals surface area contributed by atoms with E-state index in [0.29, 0.717) is 32.1 Å². The van der Waals surface area contributed by atoms with Crippen LogP contribution in [0, 0.1) is 0 Å². The average Bonchev–Trinajstić information content (AvgIpc) is 0.965. The van der Waals surface area contributed by atoms with Crippen molar-refractivity contribution < 1.29 is 80.2 Å². The van der Waals surface area contributed by atoms with Crippen LogP contribution in [0.4, 0.5) is 0 Å². The number of hydrogen-bond donors (Lipinski definition) is 3. The summed E-state index contributed by atoms with van der Waals surface area (Å²) in [6, 6.07) is 0. The Morgan fingerprint density at radius 1 is 0.290 bits per heavy atom. The summed E-state index contributed by atoms with van der Waals surface area (Å²) in [7, 11) is -9.97. The van der Waals surface area contributed by atoms with Gasteiger partial charge in [0.1, 0.15) is 19.3 Å². The summed E-state index contributed by atoms with van der Waals surface area (Å²) in [6.07, 6.45) is 76.8. The Morgan fingerprint density at radius 2 is 0.530 bits per heavy atom. The van der Waals surface area contributed by atoms with Crippen LogP contribution in [0.2, 0.25) is 0 Å². The topological polar surface area (TPSA) is 237 Å². The molecule has 0 radical (unpaired) electrons. The van der Waals surface area contributed by atoms with Gasteiger partial charge in [0.05, 0.1) is 26.4 Å². The SMILES string of the molecule is CCCCC/C=C\C/C=C\C/C=C\C/C=C\CCCC(=O)OC[C@H](COP(=O)(O)OC[C@H](O)COP(=O)(O)OC[C@@H](COC(=O)CCCCCCC/C=C\C/C=C\CCCCC)OC(=O)CCCCCCC/C=C\C=C/CCCCCC)OC(=O)CCCCCCCCCCCCCCC. The van der Waals surface area contributed by atoms with Gasteiger partial charge in [0.15, 0.2) is 12.2 Å². The fourth-order valence-electron chi connectivity index (χ4n) is 10.5. The van der Waals surface area contributed by atoms with Crippen molar-refractivity contribution in [3.63, 3.8) is 0 Å². The van der Waals surface area contributed by atoms with Crippen LogP contribution in [-0.2, 0) is 65.4 Å². The summed E-state index contributed by atoms with van der Waals surface area (Å²) in [6.45, 7) is 4.74. The second-order valence-electron chi connectivity index (χ2n) is 26.3. The Hall–Kier alpha value is -4.02. The number of hydrogen-bond acceptors (Lipinski definition) is 15. The van der Waals surface area contributed by atoms with Crippen LogP contribution in [0.5, 0.6) is 0 Å². The van der Waals surface area contributed by atoms with Crippen LogP contribution in [-0.4, -0.2) is 96.7 Å². The van der Waals surface area contributed by atoms with E-state index >= 15 is 0 Å². The number of unbranched alkanes of at least 4 members (excludes halogenated alkanes) is 33. The lowest BCUT2D eigenvalue weighted by Crippen LogP contribution is -2.30. The molecule has 0 amide bonds. The molecule has 0 spiro atoms. The van der Waals surface area contributed by atoms with Gasteiger partial charge in [-0.1, -0.05) is 285 Å². The Morgan fingerprint density at radius 3 is 0.880 bits per heavy atom. The van der Waals surface area contributed by atoms with Gasteiger partial charge in [0.25, 0.3) is 0 Å². The van der Waals surface area contributed by atoms with Crippen molar-refractivity contribution in [3.05, 3.63) is 97.2 Å². The second kappa shape index (κ2) is 73.3. The van der Waals surface area contributed by atoms with Crippen molar-refractivity contribution in [2.45, 2.75) is 354 Å². The number of phosphoric ester groups is 2. The van der Waals surface area contributed by atoms with Crippen LogP contribution < -0.4 is 0 Å². The van der Waals surface area contributed by atoms with E-state index in [-0.39, 0.29) is 25.7 Å². The lowest BCUT2D eigenvalue weighted by Gasteiger charge is -2.21. The van der Waals surface area contributed by atoms with Gasteiger partial charge in [0.2, 0.25) is 0 Å². The van der Waals surface area contributed by atoms with Crippen molar-refractivity contribution in [3.8, 4) is 0 Å². The van der Waals surface area contributed by atoms with Gasteiger partial charge in [-0.15, -0.1) is 0 Å². The molecule has 0 aliphatic heterocycles. The molecule has 0 saturated carbocycles. The van der Waals surface area contributed by atoms with Crippen LogP contribution >= 0.6 is 15.6 Å². The van der Waals surface area contributed by atoms with Gasteiger partial charge >= 0.3 is 39.5 Å². The van der Waals surface area contributed by atoms with Crippen LogP contribution in [0.3, 0.4) is 0 Å². The molecule has 0 aromatic rings. The molecular weight excluding hydrogens is 1310 g/mol. The minimum absolute atomic E-state index is 0.0737. The molecular formula is C81H142O17P2. The predicted octanol–water partition coefficient (Wildman–Crippen LogP) is 22.8. The number of allylic oxidation sites excluding steroid dienone is 16. The molecule has 0 rings (SSSR count). The first-order valence-electron chi connectivity index (χ1n) is 39.5. The summed E-state index contributed by atoms with van der Waals surface area (Å²) in [5, 5.41) is 10.6. The van der Waals surface area contributed by atoms with Gasteiger partial charge in [-0.05, 0) is 122 Å². The van der Waals surface area contributed by atoms with Crippen molar-refractivity contribution in [1.82, 2.24) is 0 Å². The summed E-state index contributed by atoms with van der Waals surface area (Å²) < 4.78 is 68.5. The third-order valence-electron chi connectivity index (χ3n) is 16.5. The second-order valence-corrected chi connectivity index (χ2v) is 29.2. The molecule has 0 aliphatic carbocycles. The van der Waals surface area contributed by atoms with E-state index in [2.05, 4.69) is 113 Å². The maximum Gasteiger partial charge on any atom is 0.472 e. The molecule has 0 heterocycles. The third kappa shape index (κ3) is 72.3. The summed E-state index contributed by atoms with van der Waals surface area (Å²) in [5.41, 5.74) is 0. The monoisotopic (exact) mass is 1450 g/mol. The largest absolute Gasteiger partial charge is 0.472 e. The zero-order valence-electron chi connectivity index (χ0n) is 63.1. The molecule has 17 nitrogen and oxygen atoms in total. The Kier molecular flexibility index (Phi) is 70.4. The minimum atomic E-state index is -4.99. The first kappa shape index (κ1) is 96.0. The molecule has 0 aromatic heterocycles. The van der Waals surface area contributed by atoms with Crippen molar-refractivity contribution in [2.75, 3.05) is 39.6 Å². The highest BCUT2D eigenvalue weighted by molar-refractivity contribution is 7.47. The summed E-state index contributed by atoms with van der Waals surface area (Å²) in [5.74, 6) is -2.26. The molecule has 0 aliphatic rings. The van der Waals surface area contributed by atoms with E-state index in [1.807, 2.05) is 12.2 Å². The van der Waals surface area contributed by atoms with E-state index in [1.54, 1.807) is 0 Å². The highest BCUT2D eigenvalue weighted by Gasteiger charge is 2.30. The number of aliphatic hydroxyl groups is 1. The zero-order chi connectivity index (χ0) is 73.2. The molecule has 0 saturated heterocycles. The predicted molar refractivity (Wildman–Crippen MR) is 409 cm³/mol. The van der Waals surface area contributed by atoms with Gasteiger partial charge < -0.3 is 33.8 Å². The van der Waals surface area contributed by atoms with E-state index in [0.717, 1.165) is 135 Å². The molecule has 578 valence electrons. The van der Waals surface area contributed by atoms with Gasteiger partial charge in [-0.3, -0.25) is 37.3 Å². The number of phosphoric acid groups is 2. The van der Waals surface area contributed by atoms with Crippen molar-refractivity contribution >= 4 is 39.5 Å². The number of esters is 4. The van der Waals surface area contributed by atoms with Crippen molar-refractivity contribution in [1.29, 1.82) is 0 Å². The molecule has 5 atom stereocenters. The quantitative estimate of drug-likeness (QED) is 0.0128. The number of carbonyl (C=O) groups excluding carboxylic acids is 4. The van der Waals surface area contributed by atoms with Crippen molar-refractivity contribution in [2.24, 2.45) is 0 Å². The highest BCUT2D eigenvalue weighted by atomic mass is 31.2. The van der Waals surface area contributed by atoms with Gasteiger partial charge in [-0.25, -0.2) is 9.13 Å². The number of ether oxygens (including phenoxy) is 4. The molecule has 19 heteroatoms. The van der Waals surface area contributed by atoms with Crippen LogP contribution in [0.15, 0.2) is 97.2 Å². The normalized spacial score (nSPS) is 14.4. The minimum Gasteiger partial charge on any atom is -0.462 e. The average molecular weight is 1450 g/mol. The smallest absolute Gasteiger partial charge is 0.462 e. The number of carbonyl (C=O) groups is 4. The molecule has 0 aromatic carbocycles. The lowest BCUT2D eigenvalue weighted by atomic mass is 10.0. The van der Waals surface area contributed by atoms with Gasteiger partial charge in [0, 0.05) is 25.7 Å². The van der Waals surface area contributed by atoms with Crippen LogP contribution in [0.25, 0.3) is 0 Å². The Balaban J connectivity index is 5.40. The van der Waals surface area contributed by atoms with E-state index < -0.39 is 97.5 Å². The Labute approximate surface area is 607 Å².